The Balaban J connectivity index is 2.01. The van der Waals surface area contributed by atoms with Crippen LogP contribution in [0, 0.1) is 6.85 Å². The molecule has 0 aliphatic heterocycles. The van der Waals surface area contributed by atoms with Crippen molar-refractivity contribution >= 4 is 31.5 Å². The Kier molecular flexibility index (Phi) is 1.96. The summed E-state index contributed by atoms with van der Waals surface area (Å²) in [5, 5.41) is 2.24. The minimum absolute atomic E-state index is 0.385. The van der Waals surface area contributed by atoms with Crippen LogP contribution in [0.25, 0.3) is 31.4 Å². The van der Waals surface area contributed by atoms with Crippen molar-refractivity contribution in [1.29, 1.82) is 0 Å². The number of aromatic nitrogens is 1. The van der Waals surface area contributed by atoms with E-state index < -0.39 is 6.85 Å². The Hall–Kier alpha value is -2.19. The van der Waals surface area contributed by atoms with Gasteiger partial charge in [0.05, 0.1) is 5.69 Å². The molecule has 1 nitrogen and oxygen atoms in total. The van der Waals surface area contributed by atoms with E-state index in [0.29, 0.717) is 5.56 Å². The SMILES string of the molecule is [2H]C([2H])([2H])c1ccc2c(c1)sc1c(-c3ccccn3)cccc12. The predicted octanol–water partition coefficient (Wildman–Crippen LogP) is 5.42. The van der Waals surface area contributed by atoms with Crippen molar-refractivity contribution in [2.45, 2.75) is 6.85 Å². The number of hydrogen-bond acceptors (Lipinski definition) is 2. The maximum Gasteiger partial charge on any atom is 0.0716 e. The average molecular weight is 278 g/mol. The summed E-state index contributed by atoms with van der Waals surface area (Å²) in [4.78, 5) is 4.44. The molecule has 0 aliphatic rings. The van der Waals surface area contributed by atoms with Gasteiger partial charge in [-0.3, -0.25) is 4.98 Å². The molecule has 2 heterocycles. The number of benzene rings is 2. The lowest BCUT2D eigenvalue weighted by molar-refractivity contribution is 1.33. The first-order valence-electron chi connectivity index (χ1n) is 7.91. The van der Waals surface area contributed by atoms with Gasteiger partial charge in [-0.2, -0.15) is 0 Å². The molecule has 20 heavy (non-hydrogen) atoms. The van der Waals surface area contributed by atoms with E-state index in [1.165, 1.54) is 0 Å². The first kappa shape index (κ1) is 8.88. The zero-order chi connectivity index (χ0) is 16.0. The van der Waals surface area contributed by atoms with Crippen molar-refractivity contribution in [3.05, 3.63) is 66.4 Å². The van der Waals surface area contributed by atoms with Gasteiger partial charge in [0.25, 0.3) is 0 Å². The Labute approximate surface area is 125 Å². The van der Waals surface area contributed by atoms with Crippen LogP contribution in [0.5, 0.6) is 0 Å². The lowest BCUT2D eigenvalue weighted by Gasteiger charge is -2.01. The summed E-state index contributed by atoms with van der Waals surface area (Å²) in [6, 6.07) is 17.4. The van der Waals surface area contributed by atoms with E-state index in [9.17, 15) is 0 Å². The molecule has 0 radical (unpaired) electrons. The minimum atomic E-state index is -2.08. The zero-order valence-electron chi connectivity index (χ0n) is 13.6. The minimum Gasteiger partial charge on any atom is -0.256 e. The third kappa shape index (κ3) is 1.73. The molecular formula is C18H13NS. The summed E-state index contributed by atoms with van der Waals surface area (Å²) in [7, 11) is 0. The van der Waals surface area contributed by atoms with Crippen LogP contribution >= 0.6 is 11.3 Å². The topological polar surface area (TPSA) is 12.9 Å². The van der Waals surface area contributed by atoms with Crippen LogP contribution in [0.4, 0.5) is 0 Å². The van der Waals surface area contributed by atoms with Gasteiger partial charge in [0, 0.05) is 36.0 Å². The van der Waals surface area contributed by atoms with Gasteiger partial charge < -0.3 is 0 Å². The fourth-order valence-corrected chi connectivity index (χ4v) is 3.79. The number of aryl methyl sites for hydroxylation is 1. The highest BCUT2D eigenvalue weighted by Gasteiger charge is 2.10. The molecule has 0 bridgehead atoms. The van der Waals surface area contributed by atoms with Gasteiger partial charge in [0.1, 0.15) is 0 Å². The highest BCUT2D eigenvalue weighted by molar-refractivity contribution is 7.26. The van der Waals surface area contributed by atoms with Gasteiger partial charge in [-0.05, 0) is 30.6 Å². The summed E-state index contributed by atoms with van der Waals surface area (Å²) < 4.78 is 24.9. The van der Waals surface area contributed by atoms with E-state index >= 15 is 0 Å². The molecule has 0 N–H and O–H groups in total. The van der Waals surface area contributed by atoms with Gasteiger partial charge in [-0.25, -0.2) is 0 Å². The van der Waals surface area contributed by atoms with E-state index in [0.717, 1.165) is 31.4 Å². The van der Waals surface area contributed by atoms with Crippen molar-refractivity contribution < 1.29 is 4.11 Å². The Morgan fingerprint density at radius 2 is 2.00 bits per heavy atom. The fourth-order valence-electron chi connectivity index (χ4n) is 2.52. The molecule has 0 unspecified atom stereocenters. The van der Waals surface area contributed by atoms with Crippen molar-refractivity contribution in [2.24, 2.45) is 0 Å². The number of pyridine rings is 1. The lowest BCUT2D eigenvalue weighted by Crippen LogP contribution is -1.81. The van der Waals surface area contributed by atoms with E-state index in [4.69, 9.17) is 4.11 Å². The highest BCUT2D eigenvalue weighted by atomic mass is 32.1. The predicted molar refractivity (Wildman–Crippen MR) is 87.3 cm³/mol. The average Bonchev–Trinajstić information content (AvgIpc) is 2.92. The van der Waals surface area contributed by atoms with E-state index in [-0.39, 0.29) is 0 Å². The van der Waals surface area contributed by atoms with Crippen LogP contribution in [0.2, 0.25) is 0 Å². The molecule has 0 fully saturated rings. The second-order valence-electron chi connectivity index (χ2n) is 4.71. The number of rotatable bonds is 1. The summed E-state index contributed by atoms with van der Waals surface area (Å²) >= 11 is 1.62. The molecule has 0 saturated heterocycles. The molecular weight excluding hydrogens is 262 g/mol. The summed E-state index contributed by atoms with van der Waals surface area (Å²) in [5.74, 6) is 0. The molecule has 4 aromatic rings. The van der Waals surface area contributed by atoms with Crippen molar-refractivity contribution in [3.8, 4) is 11.3 Å². The third-order valence-corrected chi connectivity index (χ3v) is 4.64. The fraction of sp³-hybridized carbons (Fsp3) is 0.0556. The second-order valence-corrected chi connectivity index (χ2v) is 5.76. The maximum atomic E-state index is 7.59. The van der Waals surface area contributed by atoms with Crippen molar-refractivity contribution in [3.63, 3.8) is 0 Å². The Bertz CT molecular complexity index is 1000. The van der Waals surface area contributed by atoms with Crippen molar-refractivity contribution in [1.82, 2.24) is 4.98 Å². The van der Waals surface area contributed by atoms with Gasteiger partial charge in [0.15, 0.2) is 0 Å². The van der Waals surface area contributed by atoms with Crippen molar-refractivity contribution in [2.75, 3.05) is 0 Å². The van der Waals surface area contributed by atoms with Crippen LogP contribution in [0.15, 0.2) is 60.8 Å². The van der Waals surface area contributed by atoms with Crippen LogP contribution in [0.3, 0.4) is 0 Å². The highest BCUT2D eigenvalue weighted by Crippen LogP contribution is 2.39. The first-order valence-corrected chi connectivity index (χ1v) is 7.23. The van der Waals surface area contributed by atoms with Gasteiger partial charge in [-0.15, -0.1) is 11.3 Å². The van der Waals surface area contributed by atoms with E-state index in [1.54, 1.807) is 29.7 Å². The molecule has 0 aliphatic carbocycles. The quantitative estimate of drug-likeness (QED) is 0.452. The molecule has 0 spiro atoms. The summed E-state index contributed by atoms with van der Waals surface area (Å²) in [6.45, 7) is -2.08. The van der Waals surface area contributed by atoms with Gasteiger partial charge in [0.2, 0.25) is 0 Å². The molecule has 0 atom stereocenters. The molecule has 0 amide bonds. The molecule has 4 rings (SSSR count). The number of hydrogen-bond donors (Lipinski definition) is 0. The summed E-state index contributed by atoms with van der Waals surface area (Å²) in [6.07, 6.45) is 1.79. The molecule has 96 valence electrons. The standard InChI is InChI=1S/C18H13NS/c1-12-8-9-13-14-5-4-6-15(16-7-2-3-10-19-16)18(14)20-17(13)11-12/h2-11H,1H3/i1D3. The zero-order valence-corrected chi connectivity index (χ0v) is 11.4. The van der Waals surface area contributed by atoms with E-state index in [2.05, 4.69) is 17.1 Å². The smallest absolute Gasteiger partial charge is 0.0716 e. The molecule has 2 aromatic heterocycles. The molecule has 0 saturated carbocycles. The summed E-state index contributed by atoms with van der Waals surface area (Å²) in [5.41, 5.74) is 2.40. The monoisotopic (exact) mass is 278 g/mol. The number of fused-ring (bicyclic) bond motifs is 3. The van der Waals surface area contributed by atoms with Crippen LogP contribution in [-0.2, 0) is 0 Å². The lowest BCUT2D eigenvalue weighted by atomic mass is 10.1. The number of nitrogens with zero attached hydrogens (tertiary/aromatic N) is 1. The third-order valence-electron chi connectivity index (χ3n) is 3.44. The normalized spacial score (nSPS) is 14.1. The van der Waals surface area contributed by atoms with E-state index in [1.807, 2.05) is 30.3 Å². The second kappa shape index (κ2) is 4.43. The van der Waals surface area contributed by atoms with Gasteiger partial charge in [-0.1, -0.05) is 36.4 Å². The van der Waals surface area contributed by atoms with Crippen LogP contribution in [0.1, 0.15) is 9.68 Å². The van der Waals surface area contributed by atoms with Crippen LogP contribution in [-0.4, -0.2) is 4.98 Å². The first-order chi connectivity index (χ1) is 11.0. The Morgan fingerprint density at radius 3 is 2.85 bits per heavy atom. The van der Waals surface area contributed by atoms with Crippen LogP contribution < -0.4 is 0 Å². The number of thiophene rings is 1. The molecule has 2 heteroatoms. The molecule has 2 aromatic carbocycles. The Morgan fingerprint density at radius 1 is 1.00 bits per heavy atom. The van der Waals surface area contributed by atoms with Gasteiger partial charge >= 0.3 is 0 Å². The largest absolute Gasteiger partial charge is 0.256 e. The maximum absolute atomic E-state index is 7.59.